The van der Waals surface area contributed by atoms with Gasteiger partial charge in [-0.2, -0.15) is 0 Å². The highest BCUT2D eigenvalue weighted by Crippen LogP contribution is 2.35. The Morgan fingerprint density at radius 3 is 2.91 bits per heavy atom. The SMILES string of the molecule is CCC[C@]1(CO)CCCN(c2ccc(CNC(C)=O)cn2)C1. The quantitative estimate of drug-likeness (QED) is 0.845. The van der Waals surface area contributed by atoms with E-state index in [2.05, 4.69) is 22.1 Å². The van der Waals surface area contributed by atoms with Gasteiger partial charge in [-0.3, -0.25) is 4.79 Å². The fraction of sp³-hybridized carbons (Fsp3) is 0.647. The Hall–Kier alpha value is -1.62. The third-order valence-electron chi connectivity index (χ3n) is 4.45. The predicted molar refractivity (Wildman–Crippen MR) is 87.6 cm³/mol. The number of nitrogens with one attached hydrogen (secondary N) is 1. The van der Waals surface area contributed by atoms with Crippen molar-refractivity contribution in [3.63, 3.8) is 0 Å². The minimum atomic E-state index is -0.0348. The molecule has 1 aliphatic rings. The van der Waals surface area contributed by atoms with Gasteiger partial charge in [-0.05, 0) is 30.9 Å². The molecule has 5 heteroatoms. The molecule has 0 radical (unpaired) electrons. The molecule has 22 heavy (non-hydrogen) atoms. The first-order chi connectivity index (χ1) is 10.6. The third-order valence-corrected chi connectivity index (χ3v) is 4.45. The molecule has 2 heterocycles. The number of hydrogen-bond donors (Lipinski definition) is 2. The standard InChI is InChI=1S/C17H27N3O2/c1-3-7-17(13-21)8-4-9-20(12-17)16-6-5-15(11-19-16)10-18-14(2)22/h5-6,11,21H,3-4,7-10,12-13H2,1-2H3,(H,18,22)/t17-/m0/s1. The highest BCUT2D eigenvalue weighted by molar-refractivity contribution is 5.72. The van der Waals surface area contributed by atoms with Gasteiger partial charge >= 0.3 is 0 Å². The zero-order valence-corrected chi connectivity index (χ0v) is 13.6. The summed E-state index contributed by atoms with van der Waals surface area (Å²) in [7, 11) is 0. The lowest BCUT2D eigenvalue weighted by atomic mass is 9.77. The van der Waals surface area contributed by atoms with Crippen molar-refractivity contribution in [2.75, 3.05) is 24.6 Å². The van der Waals surface area contributed by atoms with E-state index in [9.17, 15) is 9.90 Å². The van der Waals surface area contributed by atoms with E-state index in [1.165, 1.54) is 6.92 Å². The second-order valence-corrected chi connectivity index (χ2v) is 6.37. The number of pyridine rings is 1. The average Bonchev–Trinajstić information content (AvgIpc) is 2.54. The van der Waals surface area contributed by atoms with E-state index >= 15 is 0 Å². The van der Waals surface area contributed by atoms with Crippen LogP contribution >= 0.6 is 0 Å². The normalized spacial score (nSPS) is 21.7. The molecule has 0 aromatic carbocycles. The Balaban J connectivity index is 2.02. The summed E-state index contributed by atoms with van der Waals surface area (Å²) in [5, 5.41) is 12.6. The van der Waals surface area contributed by atoms with Crippen LogP contribution in [0.5, 0.6) is 0 Å². The first-order valence-corrected chi connectivity index (χ1v) is 8.14. The summed E-state index contributed by atoms with van der Waals surface area (Å²) in [6.45, 7) is 6.30. The number of nitrogens with zero attached hydrogens (tertiary/aromatic N) is 2. The van der Waals surface area contributed by atoms with Gasteiger partial charge in [0.25, 0.3) is 0 Å². The zero-order chi connectivity index (χ0) is 16.0. The van der Waals surface area contributed by atoms with Gasteiger partial charge in [0.05, 0.1) is 6.61 Å². The first kappa shape index (κ1) is 16.7. The number of carbonyl (C=O) groups is 1. The van der Waals surface area contributed by atoms with Gasteiger partial charge in [-0.1, -0.05) is 19.4 Å². The first-order valence-electron chi connectivity index (χ1n) is 8.14. The number of anilines is 1. The molecule has 0 saturated carbocycles. The van der Waals surface area contributed by atoms with E-state index in [0.717, 1.165) is 50.2 Å². The zero-order valence-electron chi connectivity index (χ0n) is 13.6. The number of amides is 1. The van der Waals surface area contributed by atoms with Crippen LogP contribution in [0.15, 0.2) is 18.3 Å². The van der Waals surface area contributed by atoms with Gasteiger partial charge < -0.3 is 15.3 Å². The van der Waals surface area contributed by atoms with Crippen molar-refractivity contribution in [3.05, 3.63) is 23.9 Å². The minimum absolute atomic E-state index is 0.0174. The van der Waals surface area contributed by atoms with Gasteiger partial charge in [0, 0.05) is 38.2 Å². The van der Waals surface area contributed by atoms with E-state index in [4.69, 9.17) is 0 Å². The van der Waals surface area contributed by atoms with Gasteiger partial charge in [0.1, 0.15) is 5.82 Å². The summed E-state index contributed by atoms with van der Waals surface area (Å²) in [4.78, 5) is 17.7. The number of piperidine rings is 1. The molecule has 1 fully saturated rings. The van der Waals surface area contributed by atoms with E-state index in [-0.39, 0.29) is 17.9 Å². The van der Waals surface area contributed by atoms with Crippen LogP contribution in [0.2, 0.25) is 0 Å². The van der Waals surface area contributed by atoms with Crippen LogP contribution in [0.1, 0.15) is 45.1 Å². The molecule has 0 unspecified atom stereocenters. The molecular formula is C17H27N3O2. The third kappa shape index (κ3) is 4.19. The summed E-state index contributed by atoms with van der Waals surface area (Å²) in [5.74, 6) is 0.924. The van der Waals surface area contributed by atoms with E-state index < -0.39 is 0 Å². The molecule has 1 aliphatic heterocycles. The Labute approximate surface area is 132 Å². The number of carbonyl (C=O) groups excluding carboxylic acids is 1. The molecule has 1 saturated heterocycles. The Kier molecular flexibility index (Phi) is 5.77. The minimum Gasteiger partial charge on any atom is -0.396 e. The van der Waals surface area contributed by atoms with E-state index in [1.807, 2.05) is 18.3 Å². The summed E-state index contributed by atoms with van der Waals surface area (Å²) >= 11 is 0. The van der Waals surface area contributed by atoms with E-state index in [1.54, 1.807) is 0 Å². The van der Waals surface area contributed by atoms with Crippen molar-refractivity contribution in [3.8, 4) is 0 Å². The maximum absolute atomic E-state index is 10.9. The molecule has 0 bridgehead atoms. The Morgan fingerprint density at radius 1 is 1.50 bits per heavy atom. The molecule has 1 atom stereocenters. The van der Waals surface area contributed by atoms with Crippen molar-refractivity contribution in [2.24, 2.45) is 5.41 Å². The van der Waals surface area contributed by atoms with Gasteiger partial charge in [-0.25, -0.2) is 4.98 Å². The number of rotatable bonds is 6. The Bertz CT molecular complexity index is 485. The molecule has 5 nitrogen and oxygen atoms in total. The summed E-state index contributed by atoms with van der Waals surface area (Å²) < 4.78 is 0. The number of aliphatic hydroxyl groups is 1. The van der Waals surface area contributed by atoms with Crippen LogP contribution in [0, 0.1) is 5.41 Å². The van der Waals surface area contributed by atoms with Crippen molar-refractivity contribution in [1.29, 1.82) is 0 Å². The van der Waals surface area contributed by atoms with Crippen molar-refractivity contribution in [1.82, 2.24) is 10.3 Å². The molecule has 2 rings (SSSR count). The summed E-state index contributed by atoms with van der Waals surface area (Å²) in [6, 6.07) is 4.02. The predicted octanol–water partition coefficient (Wildman–Crippen LogP) is 2.10. The number of hydrogen-bond acceptors (Lipinski definition) is 4. The molecular weight excluding hydrogens is 278 g/mol. The maximum Gasteiger partial charge on any atom is 0.217 e. The highest BCUT2D eigenvalue weighted by Gasteiger charge is 2.34. The van der Waals surface area contributed by atoms with E-state index in [0.29, 0.717) is 6.54 Å². The fourth-order valence-corrected chi connectivity index (χ4v) is 3.28. The highest BCUT2D eigenvalue weighted by atomic mass is 16.3. The fourth-order valence-electron chi connectivity index (χ4n) is 3.28. The monoisotopic (exact) mass is 305 g/mol. The van der Waals surface area contributed by atoms with Crippen molar-refractivity contribution >= 4 is 11.7 Å². The van der Waals surface area contributed by atoms with Crippen LogP contribution < -0.4 is 10.2 Å². The topological polar surface area (TPSA) is 65.5 Å². The van der Waals surface area contributed by atoms with Gasteiger partial charge in [0.15, 0.2) is 0 Å². The largest absolute Gasteiger partial charge is 0.396 e. The van der Waals surface area contributed by atoms with Crippen LogP contribution in [0.3, 0.4) is 0 Å². The van der Waals surface area contributed by atoms with Crippen LogP contribution in [-0.4, -0.2) is 35.7 Å². The number of aromatic nitrogens is 1. The lowest BCUT2D eigenvalue weighted by Gasteiger charge is -2.42. The molecule has 1 aromatic rings. The molecule has 1 aromatic heterocycles. The number of aliphatic hydroxyl groups excluding tert-OH is 1. The molecule has 0 aliphatic carbocycles. The van der Waals surface area contributed by atoms with Gasteiger partial charge in [-0.15, -0.1) is 0 Å². The van der Waals surface area contributed by atoms with Gasteiger partial charge in [0.2, 0.25) is 5.91 Å². The lowest BCUT2D eigenvalue weighted by molar-refractivity contribution is -0.119. The molecule has 2 N–H and O–H groups in total. The van der Waals surface area contributed by atoms with Crippen LogP contribution in [-0.2, 0) is 11.3 Å². The Morgan fingerprint density at radius 2 is 2.32 bits per heavy atom. The maximum atomic E-state index is 10.9. The summed E-state index contributed by atoms with van der Waals surface area (Å²) in [6.07, 6.45) is 6.16. The summed E-state index contributed by atoms with van der Waals surface area (Å²) in [5.41, 5.74) is 1.02. The smallest absolute Gasteiger partial charge is 0.217 e. The second-order valence-electron chi connectivity index (χ2n) is 6.37. The van der Waals surface area contributed by atoms with Crippen molar-refractivity contribution < 1.29 is 9.90 Å². The van der Waals surface area contributed by atoms with Crippen LogP contribution in [0.25, 0.3) is 0 Å². The molecule has 122 valence electrons. The second kappa shape index (κ2) is 7.58. The van der Waals surface area contributed by atoms with Crippen LogP contribution in [0.4, 0.5) is 5.82 Å². The average molecular weight is 305 g/mol. The molecule has 1 amide bonds. The lowest BCUT2D eigenvalue weighted by Crippen LogP contribution is -2.45. The molecule has 0 spiro atoms. The van der Waals surface area contributed by atoms with Crippen molar-refractivity contribution in [2.45, 2.75) is 46.1 Å².